The molecule has 2 amide bonds. The predicted molar refractivity (Wildman–Crippen MR) is 88.4 cm³/mol. The van der Waals surface area contributed by atoms with Gasteiger partial charge in [-0.15, -0.1) is 0 Å². The van der Waals surface area contributed by atoms with Gasteiger partial charge in [0.05, 0.1) is 4.90 Å². The van der Waals surface area contributed by atoms with E-state index in [-0.39, 0.29) is 16.5 Å². The average Bonchev–Trinajstić information content (AvgIpc) is 2.23. The van der Waals surface area contributed by atoms with Crippen molar-refractivity contribution in [1.29, 1.82) is 0 Å². The molecular formula is C15H25N3O3S. The van der Waals surface area contributed by atoms with E-state index in [4.69, 9.17) is 0 Å². The quantitative estimate of drug-likeness (QED) is 0.797. The van der Waals surface area contributed by atoms with Crippen molar-refractivity contribution in [2.45, 2.75) is 57.5 Å². The predicted octanol–water partition coefficient (Wildman–Crippen LogP) is 2.68. The first-order valence-electron chi connectivity index (χ1n) is 7.02. The van der Waals surface area contributed by atoms with Crippen LogP contribution in [0.2, 0.25) is 0 Å². The Morgan fingerprint density at radius 2 is 1.59 bits per heavy atom. The van der Waals surface area contributed by atoms with Crippen LogP contribution >= 0.6 is 0 Å². The van der Waals surface area contributed by atoms with Crippen LogP contribution in [0.4, 0.5) is 10.5 Å². The van der Waals surface area contributed by atoms with Gasteiger partial charge in [-0.1, -0.05) is 6.07 Å². The Morgan fingerprint density at radius 1 is 1.00 bits per heavy atom. The van der Waals surface area contributed by atoms with Gasteiger partial charge in [-0.05, 0) is 59.7 Å². The van der Waals surface area contributed by atoms with Gasteiger partial charge in [-0.2, -0.15) is 0 Å². The van der Waals surface area contributed by atoms with E-state index in [9.17, 15) is 13.2 Å². The summed E-state index contributed by atoms with van der Waals surface area (Å²) in [7, 11) is -3.63. The van der Waals surface area contributed by atoms with Crippen molar-refractivity contribution in [3.05, 3.63) is 24.3 Å². The molecule has 0 aliphatic carbocycles. The van der Waals surface area contributed by atoms with Gasteiger partial charge in [-0.3, -0.25) is 0 Å². The van der Waals surface area contributed by atoms with E-state index < -0.39 is 15.6 Å². The standard InChI is InChI=1S/C15H25N3O3S/c1-14(2,3)17-13(19)16-11-8-7-9-12(10-11)22(20,21)18-15(4,5)6/h7-10,18H,1-6H3,(H2,16,17,19). The number of carbonyl (C=O) groups is 1. The van der Waals surface area contributed by atoms with E-state index >= 15 is 0 Å². The average molecular weight is 327 g/mol. The highest BCUT2D eigenvalue weighted by atomic mass is 32.2. The first-order chi connectivity index (χ1) is 9.78. The molecule has 0 aromatic heterocycles. The summed E-state index contributed by atoms with van der Waals surface area (Å²) in [4.78, 5) is 11.9. The third kappa shape index (κ3) is 6.44. The number of hydrogen-bond acceptors (Lipinski definition) is 3. The van der Waals surface area contributed by atoms with E-state index in [1.54, 1.807) is 32.9 Å². The molecule has 1 aromatic rings. The minimum Gasteiger partial charge on any atom is -0.333 e. The number of hydrogen-bond donors (Lipinski definition) is 3. The number of nitrogens with one attached hydrogen (secondary N) is 3. The Kier molecular flexibility index (Phi) is 5.25. The molecule has 0 saturated heterocycles. The van der Waals surface area contributed by atoms with E-state index in [2.05, 4.69) is 15.4 Å². The molecule has 0 spiro atoms. The molecule has 0 aliphatic heterocycles. The lowest BCUT2D eigenvalue weighted by Gasteiger charge is -2.22. The molecule has 0 saturated carbocycles. The lowest BCUT2D eigenvalue weighted by atomic mass is 10.1. The van der Waals surface area contributed by atoms with Gasteiger partial charge in [0.15, 0.2) is 0 Å². The summed E-state index contributed by atoms with van der Waals surface area (Å²) in [6, 6.07) is 5.75. The van der Waals surface area contributed by atoms with Crippen molar-refractivity contribution in [3.8, 4) is 0 Å². The van der Waals surface area contributed by atoms with E-state index in [1.165, 1.54) is 12.1 Å². The first kappa shape index (κ1) is 18.4. The molecule has 7 heteroatoms. The highest BCUT2D eigenvalue weighted by molar-refractivity contribution is 7.89. The van der Waals surface area contributed by atoms with Crippen molar-refractivity contribution in [2.75, 3.05) is 5.32 Å². The van der Waals surface area contributed by atoms with Crippen LogP contribution in [0.5, 0.6) is 0 Å². The van der Waals surface area contributed by atoms with Crippen LogP contribution in [0.1, 0.15) is 41.5 Å². The molecule has 0 aliphatic rings. The fraction of sp³-hybridized carbons (Fsp3) is 0.533. The summed E-state index contributed by atoms with van der Waals surface area (Å²) in [6.07, 6.45) is 0. The number of amides is 2. The van der Waals surface area contributed by atoms with Gasteiger partial charge >= 0.3 is 6.03 Å². The number of sulfonamides is 1. The largest absolute Gasteiger partial charge is 0.333 e. The van der Waals surface area contributed by atoms with Crippen molar-refractivity contribution in [1.82, 2.24) is 10.0 Å². The maximum absolute atomic E-state index is 12.3. The fourth-order valence-corrected chi connectivity index (χ4v) is 3.17. The van der Waals surface area contributed by atoms with Crippen LogP contribution in [-0.2, 0) is 10.0 Å². The molecular weight excluding hydrogens is 302 g/mol. The second-order valence-corrected chi connectivity index (χ2v) is 8.89. The fourth-order valence-electron chi connectivity index (χ4n) is 1.71. The van der Waals surface area contributed by atoms with Crippen LogP contribution in [0.3, 0.4) is 0 Å². The number of benzene rings is 1. The van der Waals surface area contributed by atoms with Crippen molar-refractivity contribution in [3.63, 3.8) is 0 Å². The molecule has 0 radical (unpaired) electrons. The van der Waals surface area contributed by atoms with Crippen molar-refractivity contribution < 1.29 is 13.2 Å². The molecule has 0 atom stereocenters. The smallest absolute Gasteiger partial charge is 0.319 e. The molecule has 0 heterocycles. The molecule has 1 rings (SSSR count). The molecule has 6 nitrogen and oxygen atoms in total. The summed E-state index contributed by atoms with van der Waals surface area (Å²) in [6.45, 7) is 10.9. The van der Waals surface area contributed by atoms with Crippen molar-refractivity contribution in [2.24, 2.45) is 0 Å². The maximum atomic E-state index is 12.3. The number of carbonyl (C=O) groups excluding carboxylic acids is 1. The van der Waals surface area contributed by atoms with Gasteiger partial charge in [0, 0.05) is 16.8 Å². The van der Waals surface area contributed by atoms with Crippen LogP contribution < -0.4 is 15.4 Å². The third-order valence-electron chi connectivity index (χ3n) is 2.33. The van der Waals surface area contributed by atoms with Crippen LogP contribution in [0.25, 0.3) is 0 Å². The second kappa shape index (κ2) is 6.26. The van der Waals surface area contributed by atoms with E-state index in [0.29, 0.717) is 5.69 Å². The Balaban J connectivity index is 2.93. The minimum atomic E-state index is -3.63. The first-order valence-corrected chi connectivity index (χ1v) is 8.50. The van der Waals surface area contributed by atoms with Gasteiger partial charge in [0.25, 0.3) is 0 Å². The lowest BCUT2D eigenvalue weighted by Crippen LogP contribution is -2.43. The number of urea groups is 1. The van der Waals surface area contributed by atoms with Gasteiger partial charge in [-0.25, -0.2) is 17.9 Å². The Labute approximate surface area is 132 Å². The number of rotatable bonds is 3. The van der Waals surface area contributed by atoms with Crippen LogP contribution in [0, 0.1) is 0 Å². The molecule has 0 fully saturated rings. The summed E-state index contributed by atoms with van der Waals surface area (Å²) in [5, 5.41) is 5.38. The van der Waals surface area contributed by atoms with Gasteiger partial charge in [0.1, 0.15) is 0 Å². The minimum absolute atomic E-state index is 0.107. The third-order valence-corrected chi connectivity index (χ3v) is 4.09. The summed E-state index contributed by atoms with van der Waals surface area (Å²) >= 11 is 0. The Morgan fingerprint density at radius 3 is 2.09 bits per heavy atom. The zero-order valence-corrected chi connectivity index (χ0v) is 14.8. The zero-order valence-electron chi connectivity index (χ0n) is 13.9. The van der Waals surface area contributed by atoms with Crippen LogP contribution in [0.15, 0.2) is 29.2 Å². The molecule has 0 bridgehead atoms. The highest BCUT2D eigenvalue weighted by Crippen LogP contribution is 2.17. The Hall–Kier alpha value is -1.60. The molecule has 0 unspecified atom stereocenters. The number of anilines is 1. The summed E-state index contributed by atoms with van der Waals surface area (Å²) in [5.74, 6) is 0. The normalized spacial score (nSPS) is 12.8. The molecule has 1 aromatic carbocycles. The van der Waals surface area contributed by atoms with Gasteiger partial charge < -0.3 is 10.6 Å². The second-order valence-electron chi connectivity index (χ2n) is 7.21. The van der Waals surface area contributed by atoms with E-state index in [0.717, 1.165) is 0 Å². The molecule has 3 N–H and O–H groups in total. The zero-order chi connectivity index (χ0) is 17.2. The molecule has 22 heavy (non-hydrogen) atoms. The summed E-state index contributed by atoms with van der Waals surface area (Å²) in [5.41, 5.74) is -0.536. The lowest BCUT2D eigenvalue weighted by molar-refractivity contribution is 0.244. The van der Waals surface area contributed by atoms with E-state index in [1.807, 2.05) is 20.8 Å². The Bertz CT molecular complexity index is 641. The SMILES string of the molecule is CC(C)(C)NC(=O)Nc1cccc(S(=O)(=O)NC(C)(C)C)c1. The molecule has 124 valence electrons. The monoisotopic (exact) mass is 327 g/mol. The highest BCUT2D eigenvalue weighted by Gasteiger charge is 2.22. The maximum Gasteiger partial charge on any atom is 0.319 e. The van der Waals surface area contributed by atoms with Crippen molar-refractivity contribution >= 4 is 21.7 Å². The topological polar surface area (TPSA) is 87.3 Å². The summed E-state index contributed by atoms with van der Waals surface area (Å²) < 4.78 is 27.1. The van der Waals surface area contributed by atoms with Gasteiger partial charge in [0.2, 0.25) is 10.0 Å². The van der Waals surface area contributed by atoms with Crippen LogP contribution in [-0.4, -0.2) is 25.5 Å².